The number of methoxy groups -OCH3 is 1. The smallest absolute Gasteiger partial charge is 0.291 e. The first-order valence-corrected chi connectivity index (χ1v) is 8.39. The molecule has 0 radical (unpaired) electrons. The number of benzene rings is 2. The summed E-state index contributed by atoms with van der Waals surface area (Å²) in [5, 5.41) is 2.95. The van der Waals surface area contributed by atoms with Crippen molar-refractivity contribution in [2.24, 2.45) is 0 Å². The molecule has 0 saturated carbocycles. The van der Waals surface area contributed by atoms with Crippen molar-refractivity contribution in [1.29, 1.82) is 0 Å². The van der Waals surface area contributed by atoms with Gasteiger partial charge in [-0.3, -0.25) is 9.59 Å². The third kappa shape index (κ3) is 4.68. The lowest BCUT2D eigenvalue weighted by atomic mass is 10.2. The average molecular weight is 386 g/mol. The fraction of sp³-hybridized carbons (Fsp3) is 0.100. The van der Waals surface area contributed by atoms with Crippen LogP contribution in [0.3, 0.4) is 0 Å². The van der Waals surface area contributed by atoms with Crippen LogP contribution in [-0.2, 0) is 6.61 Å². The number of anilines is 1. The van der Waals surface area contributed by atoms with E-state index < -0.39 is 11.3 Å². The van der Waals surface area contributed by atoms with E-state index in [4.69, 9.17) is 25.5 Å². The summed E-state index contributed by atoms with van der Waals surface area (Å²) in [5.74, 6) is -0.203. The first kappa shape index (κ1) is 18.5. The minimum Gasteiger partial charge on any atom is -0.495 e. The summed E-state index contributed by atoms with van der Waals surface area (Å²) in [6.45, 7) is 0.224. The van der Waals surface area contributed by atoms with E-state index in [1.807, 2.05) is 30.3 Å². The third-order valence-corrected chi connectivity index (χ3v) is 3.96. The molecule has 3 aromatic rings. The number of halogens is 1. The summed E-state index contributed by atoms with van der Waals surface area (Å²) in [6.07, 6.45) is 1.13. The molecule has 1 aromatic heterocycles. The predicted octanol–water partition coefficient (Wildman–Crippen LogP) is 4.13. The van der Waals surface area contributed by atoms with Crippen molar-refractivity contribution >= 4 is 23.2 Å². The van der Waals surface area contributed by atoms with Gasteiger partial charge in [0.05, 0.1) is 12.1 Å². The number of carbonyl (C=O) groups is 1. The van der Waals surface area contributed by atoms with Gasteiger partial charge in [-0.25, -0.2) is 0 Å². The molecule has 0 saturated heterocycles. The maximum Gasteiger partial charge on any atom is 0.291 e. The van der Waals surface area contributed by atoms with Crippen molar-refractivity contribution in [3.63, 3.8) is 0 Å². The van der Waals surface area contributed by atoms with Gasteiger partial charge in [0.2, 0.25) is 11.2 Å². The highest BCUT2D eigenvalue weighted by Gasteiger charge is 2.13. The Hall–Kier alpha value is -3.25. The number of amides is 1. The highest BCUT2D eigenvalue weighted by molar-refractivity contribution is 6.32. The monoisotopic (exact) mass is 385 g/mol. The van der Waals surface area contributed by atoms with E-state index >= 15 is 0 Å². The second-order valence-corrected chi connectivity index (χ2v) is 5.96. The molecular weight excluding hydrogens is 370 g/mol. The Morgan fingerprint density at radius 1 is 1.11 bits per heavy atom. The lowest BCUT2D eigenvalue weighted by molar-refractivity contribution is 0.0993. The van der Waals surface area contributed by atoms with Crippen LogP contribution in [0.5, 0.6) is 11.5 Å². The van der Waals surface area contributed by atoms with Crippen LogP contribution in [0, 0.1) is 0 Å². The minimum absolute atomic E-state index is 0.0305. The van der Waals surface area contributed by atoms with Crippen LogP contribution in [0.1, 0.15) is 16.1 Å². The summed E-state index contributed by atoms with van der Waals surface area (Å²) in [7, 11) is 1.50. The predicted molar refractivity (Wildman–Crippen MR) is 102 cm³/mol. The number of nitrogens with one attached hydrogen (secondary N) is 1. The molecule has 0 atom stereocenters. The number of ether oxygens (including phenoxy) is 2. The van der Waals surface area contributed by atoms with Crippen molar-refractivity contribution in [1.82, 2.24) is 0 Å². The fourth-order valence-electron chi connectivity index (χ4n) is 2.30. The zero-order chi connectivity index (χ0) is 19.2. The number of hydrogen-bond donors (Lipinski definition) is 1. The quantitative estimate of drug-likeness (QED) is 0.690. The van der Waals surface area contributed by atoms with E-state index in [0.717, 1.165) is 17.9 Å². The molecular formula is C20H16ClNO5. The van der Waals surface area contributed by atoms with Crippen molar-refractivity contribution in [2.45, 2.75) is 6.61 Å². The molecule has 0 spiro atoms. The van der Waals surface area contributed by atoms with Gasteiger partial charge < -0.3 is 19.2 Å². The SMILES string of the molecule is COc1ccc(NC(=O)c2cc(=O)c(OCc3ccccc3)co2)cc1Cl. The van der Waals surface area contributed by atoms with Crippen LogP contribution in [0.4, 0.5) is 5.69 Å². The zero-order valence-corrected chi connectivity index (χ0v) is 15.2. The standard InChI is InChI=1S/C20H16ClNO5/c1-25-17-8-7-14(9-15(17)21)22-20(24)18-10-16(23)19(12-27-18)26-11-13-5-3-2-4-6-13/h2-10,12H,11H2,1H3,(H,22,24). The van der Waals surface area contributed by atoms with Gasteiger partial charge in [-0.05, 0) is 23.8 Å². The molecule has 0 unspecified atom stereocenters. The van der Waals surface area contributed by atoms with E-state index in [2.05, 4.69) is 5.32 Å². The largest absolute Gasteiger partial charge is 0.495 e. The molecule has 0 bridgehead atoms. The number of rotatable bonds is 6. The number of carbonyl (C=O) groups excluding carboxylic acids is 1. The Morgan fingerprint density at radius 2 is 1.89 bits per heavy atom. The molecule has 0 fully saturated rings. The molecule has 2 aromatic carbocycles. The second-order valence-electron chi connectivity index (χ2n) is 5.55. The maximum atomic E-state index is 12.3. The van der Waals surface area contributed by atoms with E-state index in [1.54, 1.807) is 12.1 Å². The molecule has 27 heavy (non-hydrogen) atoms. The van der Waals surface area contributed by atoms with Crippen LogP contribution in [0.2, 0.25) is 5.02 Å². The van der Waals surface area contributed by atoms with Gasteiger partial charge in [0, 0.05) is 11.8 Å². The Morgan fingerprint density at radius 3 is 2.56 bits per heavy atom. The second kappa shape index (κ2) is 8.42. The van der Waals surface area contributed by atoms with E-state index in [1.165, 1.54) is 13.2 Å². The Bertz CT molecular complexity index is 1000. The fourth-order valence-corrected chi connectivity index (χ4v) is 2.55. The van der Waals surface area contributed by atoms with Crippen molar-refractivity contribution in [3.05, 3.63) is 87.4 Å². The van der Waals surface area contributed by atoms with Crippen LogP contribution in [-0.4, -0.2) is 13.0 Å². The van der Waals surface area contributed by atoms with Crippen molar-refractivity contribution in [2.75, 3.05) is 12.4 Å². The van der Waals surface area contributed by atoms with Crippen molar-refractivity contribution in [3.8, 4) is 11.5 Å². The summed E-state index contributed by atoms with van der Waals surface area (Å²) in [6, 6.07) is 15.3. The lowest BCUT2D eigenvalue weighted by Crippen LogP contribution is -2.15. The van der Waals surface area contributed by atoms with Crippen LogP contribution in [0.25, 0.3) is 0 Å². The third-order valence-electron chi connectivity index (χ3n) is 3.67. The molecule has 0 aliphatic rings. The van der Waals surface area contributed by atoms with Crippen LogP contribution in [0.15, 0.2) is 70.1 Å². The molecule has 6 nitrogen and oxygen atoms in total. The lowest BCUT2D eigenvalue weighted by Gasteiger charge is -2.08. The molecule has 1 N–H and O–H groups in total. The molecule has 7 heteroatoms. The zero-order valence-electron chi connectivity index (χ0n) is 14.4. The topological polar surface area (TPSA) is 77.8 Å². The van der Waals surface area contributed by atoms with E-state index in [9.17, 15) is 9.59 Å². The molecule has 1 heterocycles. The first-order valence-electron chi connectivity index (χ1n) is 8.01. The van der Waals surface area contributed by atoms with Crippen molar-refractivity contribution < 1.29 is 18.7 Å². The van der Waals surface area contributed by atoms with Gasteiger partial charge in [-0.2, -0.15) is 0 Å². The summed E-state index contributed by atoms with van der Waals surface area (Å²) >= 11 is 6.02. The van der Waals surface area contributed by atoms with Gasteiger partial charge in [-0.1, -0.05) is 41.9 Å². The van der Waals surface area contributed by atoms with Crippen LogP contribution < -0.4 is 20.2 Å². The molecule has 0 aliphatic heterocycles. The Balaban J connectivity index is 1.68. The van der Waals surface area contributed by atoms with Gasteiger partial charge in [0.25, 0.3) is 5.91 Å². The van der Waals surface area contributed by atoms with Gasteiger partial charge >= 0.3 is 0 Å². The van der Waals surface area contributed by atoms with Crippen LogP contribution >= 0.6 is 11.6 Å². The summed E-state index contributed by atoms with van der Waals surface area (Å²) in [5.41, 5.74) is 0.906. The highest BCUT2D eigenvalue weighted by atomic mass is 35.5. The van der Waals surface area contributed by atoms with Gasteiger partial charge in [0.1, 0.15) is 18.6 Å². The minimum atomic E-state index is -0.581. The van der Waals surface area contributed by atoms with E-state index in [0.29, 0.717) is 16.5 Å². The van der Waals surface area contributed by atoms with E-state index in [-0.39, 0.29) is 18.1 Å². The molecule has 0 aliphatic carbocycles. The van der Waals surface area contributed by atoms with Gasteiger partial charge in [-0.15, -0.1) is 0 Å². The molecule has 138 valence electrons. The van der Waals surface area contributed by atoms with Gasteiger partial charge in [0.15, 0.2) is 5.76 Å². The first-order chi connectivity index (χ1) is 13.1. The number of hydrogen-bond acceptors (Lipinski definition) is 5. The Kier molecular flexibility index (Phi) is 5.78. The Labute approximate surface area is 160 Å². The highest BCUT2D eigenvalue weighted by Crippen LogP contribution is 2.27. The normalized spacial score (nSPS) is 10.3. The average Bonchev–Trinajstić information content (AvgIpc) is 2.68. The summed E-state index contributed by atoms with van der Waals surface area (Å²) in [4.78, 5) is 24.4. The molecule has 3 rings (SSSR count). The summed E-state index contributed by atoms with van der Waals surface area (Å²) < 4.78 is 15.7. The molecule has 1 amide bonds. The maximum absolute atomic E-state index is 12.3.